The Morgan fingerprint density at radius 2 is 1.58 bits per heavy atom. The molecule has 0 saturated carbocycles. The number of esters is 2. The van der Waals surface area contributed by atoms with Crippen LogP contribution in [-0.4, -0.2) is 45.9 Å². The van der Waals surface area contributed by atoms with Gasteiger partial charge >= 0.3 is 17.9 Å². The number of hydrogen-bond donors (Lipinski definition) is 2. The second-order valence-corrected chi connectivity index (χ2v) is 8.13. The summed E-state index contributed by atoms with van der Waals surface area (Å²) in [5.74, 6) is -4.93. The van der Waals surface area contributed by atoms with E-state index in [1.165, 1.54) is 0 Å². The zero-order valence-electron chi connectivity index (χ0n) is 16.3. The van der Waals surface area contributed by atoms with Crippen molar-refractivity contribution in [1.29, 1.82) is 0 Å². The summed E-state index contributed by atoms with van der Waals surface area (Å²) in [5, 5.41) is 9.31. The SMILES string of the molecule is C=CC(C(=O)OC(C)(C)C)C(F)CCC(N)(C(=O)O)C(=O)OC(C)(C)C. The molecule has 0 heterocycles. The van der Waals surface area contributed by atoms with Crippen LogP contribution in [0.4, 0.5) is 4.39 Å². The topological polar surface area (TPSA) is 116 Å². The fraction of sp³-hybridized carbons (Fsp3) is 0.722. The molecule has 0 amide bonds. The van der Waals surface area contributed by atoms with Crippen molar-refractivity contribution in [3.05, 3.63) is 12.7 Å². The highest BCUT2D eigenvalue weighted by molar-refractivity contribution is 6.03. The molecule has 3 unspecified atom stereocenters. The number of rotatable bonds is 8. The Balaban J connectivity index is 5.17. The minimum Gasteiger partial charge on any atom is -0.479 e. The number of carboxylic acids is 1. The van der Waals surface area contributed by atoms with Crippen LogP contribution in [0, 0.1) is 5.92 Å². The molecule has 0 radical (unpaired) electrons. The molecule has 0 rings (SSSR count). The number of hydrogen-bond acceptors (Lipinski definition) is 6. The fourth-order valence-corrected chi connectivity index (χ4v) is 1.97. The fourth-order valence-electron chi connectivity index (χ4n) is 1.97. The largest absolute Gasteiger partial charge is 0.479 e. The van der Waals surface area contributed by atoms with E-state index in [1.807, 2.05) is 0 Å². The van der Waals surface area contributed by atoms with Gasteiger partial charge in [-0.3, -0.25) is 4.79 Å². The van der Waals surface area contributed by atoms with Crippen LogP contribution in [0.2, 0.25) is 0 Å². The molecule has 0 aliphatic heterocycles. The second kappa shape index (κ2) is 8.62. The summed E-state index contributed by atoms with van der Waals surface area (Å²) in [6.45, 7) is 13.0. The lowest BCUT2D eigenvalue weighted by molar-refractivity contribution is -0.169. The molecule has 7 nitrogen and oxygen atoms in total. The van der Waals surface area contributed by atoms with E-state index in [4.69, 9.17) is 15.2 Å². The van der Waals surface area contributed by atoms with Crippen LogP contribution in [0.15, 0.2) is 12.7 Å². The van der Waals surface area contributed by atoms with Crippen molar-refractivity contribution in [3.8, 4) is 0 Å². The number of carbonyl (C=O) groups excluding carboxylic acids is 2. The molecule has 0 aromatic rings. The van der Waals surface area contributed by atoms with Gasteiger partial charge in [0.25, 0.3) is 0 Å². The highest BCUT2D eigenvalue weighted by Crippen LogP contribution is 2.24. The Morgan fingerprint density at radius 1 is 1.12 bits per heavy atom. The molecule has 0 aliphatic rings. The Kier molecular flexibility index (Phi) is 7.97. The van der Waals surface area contributed by atoms with Gasteiger partial charge in [-0.2, -0.15) is 0 Å². The van der Waals surface area contributed by atoms with E-state index in [2.05, 4.69) is 6.58 Å². The van der Waals surface area contributed by atoms with Crippen LogP contribution in [0.1, 0.15) is 54.4 Å². The smallest absolute Gasteiger partial charge is 0.338 e. The number of carboxylic acid groups (broad SMARTS) is 1. The lowest BCUT2D eigenvalue weighted by Crippen LogP contribution is -2.57. The molecular weight excluding hydrogens is 345 g/mol. The number of aliphatic carboxylic acids is 1. The predicted octanol–water partition coefficient (Wildman–Crippen LogP) is 2.37. The zero-order valence-corrected chi connectivity index (χ0v) is 16.3. The van der Waals surface area contributed by atoms with Crippen molar-refractivity contribution < 1.29 is 33.4 Å². The van der Waals surface area contributed by atoms with Gasteiger partial charge in [0, 0.05) is 0 Å². The number of halogens is 1. The first-order valence-corrected chi connectivity index (χ1v) is 8.28. The van der Waals surface area contributed by atoms with E-state index in [0.717, 1.165) is 6.08 Å². The van der Waals surface area contributed by atoms with Crippen molar-refractivity contribution in [3.63, 3.8) is 0 Å². The van der Waals surface area contributed by atoms with Crippen molar-refractivity contribution in [1.82, 2.24) is 0 Å². The second-order valence-electron chi connectivity index (χ2n) is 8.13. The monoisotopic (exact) mass is 375 g/mol. The van der Waals surface area contributed by atoms with E-state index in [0.29, 0.717) is 0 Å². The maximum absolute atomic E-state index is 14.5. The number of nitrogens with two attached hydrogens (primary N) is 1. The summed E-state index contributed by atoms with van der Waals surface area (Å²) >= 11 is 0. The van der Waals surface area contributed by atoms with Crippen molar-refractivity contribution in [2.24, 2.45) is 11.7 Å². The van der Waals surface area contributed by atoms with E-state index in [1.54, 1.807) is 41.5 Å². The number of alkyl halides is 1. The highest BCUT2D eigenvalue weighted by atomic mass is 19.1. The molecule has 0 saturated heterocycles. The van der Waals surface area contributed by atoms with Gasteiger partial charge in [0.05, 0.1) is 0 Å². The van der Waals surface area contributed by atoms with Gasteiger partial charge in [-0.1, -0.05) is 6.08 Å². The maximum atomic E-state index is 14.5. The third-order valence-electron chi connectivity index (χ3n) is 3.28. The average molecular weight is 375 g/mol. The molecule has 0 bridgehead atoms. The predicted molar refractivity (Wildman–Crippen MR) is 94.1 cm³/mol. The van der Waals surface area contributed by atoms with Crippen molar-refractivity contribution in [2.45, 2.75) is 77.3 Å². The van der Waals surface area contributed by atoms with Gasteiger partial charge in [0.2, 0.25) is 5.54 Å². The molecule has 0 spiro atoms. The summed E-state index contributed by atoms with van der Waals surface area (Å²) < 4.78 is 24.6. The third kappa shape index (κ3) is 7.51. The highest BCUT2D eigenvalue weighted by Gasteiger charge is 2.46. The van der Waals surface area contributed by atoms with E-state index < -0.39 is 59.6 Å². The van der Waals surface area contributed by atoms with Crippen LogP contribution >= 0.6 is 0 Å². The Hall–Kier alpha value is -1.96. The molecule has 0 aliphatic carbocycles. The average Bonchev–Trinajstić information content (AvgIpc) is 2.41. The first-order valence-electron chi connectivity index (χ1n) is 8.28. The minimum atomic E-state index is -2.42. The van der Waals surface area contributed by atoms with Gasteiger partial charge in [0.15, 0.2) is 0 Å². The summed E-state index contributed by atoms with van der Waals surface area (Å²) in [7, 11) is 0. The lowest BCUT2D eigenvalue weighted by Gasteiger charge is -2.29. The maximum Gasteiger partial charge on any atom is 0.338 e. The zero-order chi connectivity index (χ0) is 20.9. The molecule has 3 N–H and O–H groups in total. The molecular formula is C18H30FNO6. The molecule has 26 heavy (non-hydrogen) atoms. The minimum absolute atomic E-state index is 0.460. The van der Waals surface area contributed by atoms with Crippen LogP contribution in [0.25, 0.3) is 0 Å². The lowest BCUT2D eigenvalue weighted by atomic mass is 9.89. The van der Waals surface area contributed by atoms with Gasteiger partial charge in [-0.05, 0) is 54.4 Å². The Bertz CT molecular complexity index is 549. The summed E-state index contributed by atoms with van der Waals surface area (Å²) in [4.78, 5) is 35.6. The first kappa shape index (κ1) is 24.0. The molecule has 0 fully saturated rings. The van der Waals surface area contributed by atoms with Gasteiger partial charge in [-0.15, -0.1) is 6.58 Å². The van der Waals surface area contributed by atoms with Gasteiger partial charge < -0.3 is 20.3 Å². The van der Waals surface area contributed by atoms with E-state index in [-0.39, 0.29) is 0 Å². The standard InChI is InChI=1S/C18H30FNO6/c1-8-11(13(21)25-16(2,3)4)12(19)9-10-18(20,14(22)23)15(24)26-17(5,6)7/h8,11-12H,1,9-10,20H2,2-7H3,(H,22,23). The first-order chi connectivity index (χ1) is 11.5. The molecule has 0 aromatic heterocycles. The molecule has 8 heteroatoms. The van der Waals surface area contributed by atoms with Crippen molar-refractivity contribution >= 4 is 17.9 Å². The molecule has 3 atom stereocenters. The Morgan fingerprint density at radius 3 is 1.92 bits per heavy atom. The van der Waals surface area contributed by atoms with E-state index in [9.17, 15) is 23.9 Å². The number of ether oxygens (including phenoxy) is 2. The van der Waals surface area contributed by atoms with Crippen LogP contribution < -0.4 is 5.73 Å². The molecule has 150 valence electrons. The van der Waals surface area contributed by atoms with Gasteiger partial charge in [0.1, 0.15) is 23.3 Å². The third-order valence-corrected chi connectivity index (χ3v) is 3.28. The summed E-state index contributed by atoms with van der Waals surface area (Å²) in [6.07, 6.45) is -1.73. The normalized spacial score (nSPS) is 16.8. The van der Waals surface area contributed by atoms with E-state index >= 15 is 0 Å². The van der Waals surface area contributed by atoms with Crippen LogP contribution in [0.5, 0.6) is 0 Å². The quantitative estimate of drug-likeness (QED) is 0.380. The summed E-state index contributed by atoms with van der Waals surface area (Å²) in [6, 6.07) is 0. The van der Waals surface area contributed by atoms with Crippen molar-refractivity contribution in [2.75, 3.05) is 0 Å². The van der Waals surface area contributed by atoms with Crippen LogP contribution in [0.3, 0.4) is 0 Å². The van der Waals surface area contributed by atoms with Gasteiger partial charge in [-0.25, -0.2) is 14.0 Å². The molecule has 0 aromatic carbocycles. The summed E-state index contributed by atoms with van der Waals surface area (Å²) in [5.41, 5.74) is 1.49. The Labute approximate surface area is 153 Å². The number of carbonyl (C=O) groups is 3. The van der Waals surface area contributed by atoms with Crippen LogP contribution in [-0.2, 0) is 23.9 Å².